The van der Waals surface area contributed by atoms with E-state index in [9.17, 15) is 13.2 Å². The number of nitrogens with one attached hydrogen (secondary N) is 2. The smallest absolute Gasteiger partial charge is 0.251 e. The fourth-order valence-electron chi connectivity index (χ4n) is 1.98. The van der Waals surface area contributed by atoms with E-state index in [1.165, 1.54) is 0 Å². The second-order valence-electron chi connectivity index (χ2n) is 4.80. The summed E-state index contributed by atoms with van der Waals surface area (Å²) in [5.74, 6) is 0.0589. The summed E-state index contributed by atoms with van der Waals surface area (Å²) < 4.78 is 23.2. The Labute approximate surface area is 120 Å². The molecule has 1 unspecified atom stereocenters. The van der Waals surface area contributed by atoms with Crippen molar-refractivity contribution in [3.05, 3.63) is 29.3 Å². The van der Waals surface area contributed by atoms with Crippen molar-refractivity contribution < 1.29 is 13.2 Å². The minimum Gasteiger partial charge on any atom is -0.381 e. The molecule has 20 heavy (non-hydrogen) atoms. The molecule has 1 rings (SSSR count). The van der Waals surface area contributed by atoms with Crippen LogP contribution in [0.25, 0.3) is 0 Å². The zero-order valence-electron chi connectivity index (χ0n) is 12.4. The molecule has 1 amide bonds. The molecule has 5 nitrogen and oxygen atoms in total. The van der Waals surface area contributed by atoms with Crippen molar-refractivity contribution in [1.29, 1.82) is 0 Å². The van der Waals surface area contributed by atoms with Gasteiger partial charge in [0, 0.05) is 30.1 Å². The Bertz CT molecular complexity index is 582. The van der Waals surface area contributed by atoms with Gasteiger partial charge in [-0.3, -0.25) is 4.79 Å². The zero-order valence-corrected chi connectivity index (χ0v) is 13.2. The number of carbonyl (C=O) groups is 1. The second kappa shape index (κ2) is 6.74. The van der Waals surface area contributed by atoms with Gasteiger partial charge in [0.1, 0.15) is 0 Å². The maximum absolute atomic E-state index is 11.7. The molecule has 0 fully saturated rings. The van der Waals surface area contributed by atoms with Crippen LogP contribution in [0.4, 0.5) is 5.69 Å². The lowest BCUT2D eigenvalue weighted by atomic mass is 10.1. The third-order valence-corrected chi connectivity index (χ3v) is 5.04. The molecule has 0 aliphatic heterocycles. The van der Waals surface area contributed by atoms with Crippen LogP contribution >= 0.6 is 0 Å². The van der Waals surface area contributed by atoms with Crippen molar-refractivity contribution in [3.63, 3.8) is 0 Å². The first kappa shape index (κ1) is 16.5. The van der Waals surface area contributed by atoms with E-state index >= 15 is 0 Å². The normalized spacial score (nSPS) is 12.8. The molecule has 0 radical (unpaired) electrons. The Balaban J connectivity index is 2.91. The molecule has 0 saturated heterocycles. The second-order valence-corrected chi connectivity index (χ2v) is 7.20. The molecule has 2 N–H and O–H groups in total. The quantitative estimate of drug-likeness (QED) is 0.836. The Kier molecular flexibility index (Phi) is 5.56. The van der Waals surface area contributed by atoms with Crippen LogP contribution < -0.4 is 10.6 Å². The Hall–Kier alpha value is -1.56. The van der Waals surface area contributed by atoms with Crippen LogP contribution in [0.3, 0.4) is 0 Å². The molecule has 0 aliphatic carbocycles. The maximum Gasteiger partial charge on any atom is 0.251 e. The number of carbonyl (C=O) groups excluding carboxylic acids is 1. The third-order valence-electron chi connectivity index (χ3n) is 3.15. The molecule has 1 aromatic carbocycles. The molecule has 1 atom stereocenters. The summed E-state index contributed by atoms with van der Waals surface area (Å²) in [6.07, 6.45) is 0. The first-order valence-electron chi connectivity index (χ1n) is 6.59. The summed E-state index contributed by atoms with van der Waals surface area (Å²) in [5, 5.41) is 5.75. The van der Waals surface area contributed by atoms with Crippen LogP contribution in [0.15, 0.2) is 18.2 Å². The highest BCUT2D eigenvalue weighted by Crippen LogP contribution is 2.20. The summed E-state index contributed by atoms with van der Waals surface area (Å²) in [7, 11) is -1.44. The van der Waals surface area contributed by atoms with E-state index in [1.54, 1.807) is 26.1 Å². The zero-order chi connectivity index (χ0) is 15.3. The van der Waals surface area contributed by atoms with Gasteiger partial charge in [-0.05, 0) is 31.5 Å². The van der Waals surface area contributed by atoms with Crippen molar-refractivity contribution >= 4 is 21.4 Å². The van der Waals surface area contributed by atoms with Gasteiger partial charge >= 0.3 is 0 Å². The number of rotatable bonds is 6. The van der Waals surface area contributed by atoms with Crippen LogP contribution in [-0.2, 0) is 9.84 Å². The summed E-state index contributed by atoms with van der Waals surface area (Å²) in [6, 6.07) is 5.16. The average molecular weight is 298 g/mol. The molecular formula is C14H22N2O3S. The lowest BCUT2D eigenvalue weighted by Crippen LogP contribution is -2.27. The van der Waals surface area contributed by atoms with Crippen molar-refractivity contribution in [2.24, 2.45) is 0 Å². The van der Waals surface area contributed by atoms with E-state index in [0.29, 0.717) is 5.56 Å². The molecule has 0 heterocycles. The SMILES string of the molecule is CCS(=O)(=O)CC(C)Nc1cccc(C(=O)NC)c1C. The minimum absolute atomic E-state index is 0.0765. The van der Waals surface area contributed by atoms with Gasteiger partial charge in [-0.15, -0.1) is 0 Å². The van der Waals surface area contributed by atoms with Crippen molar-refractivity contribution in [1.82, 2.24) is 5.32 Å². The summed E-state index contributed by atoms with van der Waals surface area (Å²) in [6.45, 7) is 5.30. The molecule has 6 heteroatoms. The number of hydrogen-bond donors (Lipinski definition) is 2. The molecule has 0 spiro atoms. The highest BCUT2D eigenvalue weighted by molar-refractivity contribution is 7.91. The molecule has 1 aromatic rings. The van der Waals surface area contributed by atoms with E-state index in [1.807, 2.05) is 19.9 Å². The highest BCUT2D eigenvalue weighted by atomic mass is 32.2. The van der Waals surface area contributed by atoms with E-state index in [4.69, 9.17) is 0 Å². The predicted molar refractivity (Wildman–Crippen MR) is 82.0 cm³/mol. The van der Waals surface area contributed by atoms with E-state index in [0.717, 1.165) is 11.3 Å². The van der Waals surface area contributed by atoms with E-state index in [-0.39, 0.29) is 23.5 Å². The van der Waals surface area contributed by atoms with Gasteiger partial charge < -0.3 is 10.6 Å². The summed E-state index contributed by atoms with van der Waals surface area (Å²) in [4.78, 5) is 11.7. The lowest BCUT2D eigenvalue weighted by Gasteiger charge is -2.18. The summed E-state index contributed by atoms with van der Waals surface area (Å²) >= 11 is 0. The van der Waals surface area contributed by atoms with Crippen molar-refractivity contribution in [3.8, 4) is 0 Å². The lowest BCUT2D eigenvalue weighted by molar-refractivity contribution is 0.0962. The number of benzene rings is 1. The predicted octanol–water partition coefficient (Wildman–Crippen LogP) is 1.59. The first-order chi connectivity index (χ1) is 9.30. The molecule has 112 valence electrons. The molecule has 0 saturated carbocycles. The van der Waals surface area contributed by atoms with Crippen LogP contribution in [0.5, 0.6) is 0 Å². The number of sulfone groups is 1. The molecule has 0 bridgehead atoms. The topological polar surface area (TPSA) is 75.3 Å². The monoisotopic (exact) mass is 298 g/mol. The van der Waals surface area contributed by atoms with Crippen molar-refractivity contribution in [2.75, 3.05) is 23.9 Å². The first-order valence-corrected chi connectivity index (χ1v) is 8.41. The third kappa shape index (κ3) is 4.23. The maximum atomic E-state index is 11.7. The average Bonchev–Trinajstić information content (AvgIpc) is 2.39. The van der Waals surface area contributed by atoms with Gasteiger partial charge in [0.2, 0.25) is 0 Å². The van der Waals surface area contributed by atoms with Gasteiger partial charge in [-0.25, -0.2) is 8.42 Å². The Morgan fingerprint density at radius 2 is 2.00 bits per heavy atom. The largest absolute Gasteiger partial charge is 0.381 e. The Morgan fingerprint density at radius 1 is 1.35 bits per heavy atom. The van der Waals surface area contributed by atoms with E-state index < -0.39 is 9.84 Å². The summed E-state index contributed by atoms with van der Waals surface area (Å²) in [5.41, 5.74) is 2.18. The van der Waals surface area contributed by atoms with Crippen LogP contribution in [0.2, 0.25) is 0 Å². The molecular weight excluding hydrogens is 276 g/mol. The Morgan fingerprint density at radius 3 is 2.55 bits per heavy atom. The van der Waals surface area contributed by atoms with Gasteiger partial charge in [0.05, 0.1) is 5.75 Å². The number of amides is 1. The standard InChI is InChI=1S/C14H22N2O3S/c1-5-20(18,19)9-10(2)16-13-8-6-7-12(11(13)3)14(17)15-4/h6-8,10,16H,5,9H2,1-4H3,(H,15,17). The van der Waals surface area contributed by atoms with Crippen LogP contribution in [0, 0.1) is 6.92 Å². The number of anilines is 1. The van der Waals surface area contributed by atoms with Crippen LogP contribution in [-0.4, -0.2) is 38.9 Å². The minimum atomic E-state index is -3.02. The van der Waals surface area contributed by atoms with E-state index in [2.05, 4.69) is 10.6 Å². The highest BCUT2D eigenvalue weighted by Gasteiger charge is 2.16. The van der Waals surface area contributed by atoms with Gasteiger partial charge in [0.25, 0.3) is 5.91 Å². The molecule has 0 aliphatic rings. The molecule has 0 aromatic heterocycles. The van der Waals surface area contributed by atoms with Crippen LogP contribution in [0.1, 0.15) is 29.8 Å². The fraction of sp³-hybridized carbons (Fsp3) is 0.500. The van der Waals surface area contributed by atoms with Gasteiger partial charge in [-0.1, -0.05) is 13.0 Å². The van der Waals surface area contributed by atoms with Gasteiger partial charge in [-0.2, -0.15) is 0 Å². The fourth-order valence-corrected chi connectivity index (χ4v) is 3.06. The number of hydrogen-bond acceptors (Lipinski definition) is 4. The van der Waals surface area contributed by atoms with Crippen molar-refractivity contribution in [2.45, 2.75) is 26.8 Å². The van der Waals surface area contributed by atoms with Gasteiger partial charge in [0.15, 0.2) is 9.84 Å².